The van der Waals surface area contributed by atoms with Crippen molar-refractivity contribution >= 4 is 5.82 Å². The van der Waals surface area contributed by atoms with Gasteiger partial charge in [0.25, 0.3) is 0 Å². The Morgan fingerprint density at radius 3 is 2.92 bits per heavy atom. The maximum Gasteiger partial charge on any atom is 0.129 e. The second-order valence-electron chi connectivity index (χ2n) is 3.10. The highest BCUT2D eigenvalue weighted by Crippen LogP contribution is 2.11. The molecule has 0 saturated heterocycles. The molecule has 1 rings (SSSR count). The molecule has 0 radical (unpaired) electrons. The zero-order valence-corrected chi connectivity index (χ0v) is 8.12. The summed E-state index contributed by atoms with van der Waals surface area (Å²) in [6, 6.07) is 4.01. The number of pyridine rings is 1. The van der Waals surface area contributed by atoms with Gasteiger partial charge in [-0.3, -0.25) is 0 Å². The van der Waals surface area contributed by atoms with Gasteiger partial charge in [-0.05, 0) is 25.0 Å². The van der Waals surface area contributed by atoms with Crippen LogP contribution in [0.2, 0.25) is 0 Å². The molecule has 0 aliphatic carbocycles. The number of hydrogen-bond donors (Lipinski definition) is 2. The minimum absolute atomic E-state index is 0.105. The zero-order chi connectivity index (χ0) is 9.68. The van der Waals surface area contributed by atoms with Crippen LogP contribution in [0.1, 0.15) is 18.9 Å². The van der Waals surface area contributed by atoms with Gasteiger partial charge in [-0.25, -0.2) is 4.98 Å². The summed E-state index contributed by atoms with van der Waals surface area (Å²) in [4.78, 5) is 4.19. The van der Waals surface area contributed by atoms with Crippen LogP contribution in [-0.4, -0.2) is 22.7 Å². The van der Waals surface area contributed by atoms with E-state index >= 15 is 0 Å². The molecule has 2 N–H and O–H groups in total. The summed E-state index contributed by atoms with van der Waals surface area (Å²) in [6.07, 6.45) is 2.64. The van der Waals surface area contributed by atoms with Gasteiger partial charge in [0.2, 0.25) is 0 Å². The van der Waals surface area contributed by atoms with Gasteiger partial charge in [-0.2, -0.15) is 0 Å². The summed E-state index contributed by atoms with van der Waals surface area (Å²) < 4.78 is 0. The van der Waals surface area contributed by atoms with E-state index in [0.717, 1.165) is 17.8 Å². The Hall–Kier alpha value is -1.09. The van der Waals surface area contributed by atoms with Crippen LogP contribution in [0.4, 0.5) is 5.82 Å². The van der Waals surface area contributed by atoms with Crippen LogP contribution in [0.3, 0.4) is 0 Å². The van der Waals surface area contributed by atoms with E-state index in [1.54, 1.807) is 6.20 Å². The number of aromatic nitrogens is 1. The number of aryl methyl sites for hydroxylation is 1. The molecule has 72 valence electrons. The van der Waals surface area contributed by atoms with E-state index in [2.05, 4.69) is 10.3 Å². The molecule has 1 heterocycles. The second kappa shape index (κ2) is 4.82. The second-order valence-corrected chi connectivity index (χ2v) is 3.10. The van der Waals surface area contributed by atoms with E-state index in [9.17, 15) is 0 Å². The van der Waals surface area contributed by atoms with Crippen LogP contribution in [0.5, 0.6) is 0 Å². The summed E-state index contributed by atoms with van der Waals surface area (Å²) in [5.74, 6) is 0.864. The Morgan fingerprint density at radius 1 is 1.62 bits per heavy atom. The molecule has 0 spiro atoms. The van der Waals surface area contributed by atoms with Crippen LogP contribution in [0.15, 0.2) is 18.3 Å². The summed E-state index contributed by atoms with van der Waals surface area (Å²) in [7, 11) is 0. The van der Waals surface area contributed by atoms with Crippen LogP contribution >= 0.6 is 0 Å². The van der Waals surface area contributed by atoms with Crippen molar-refractivity contribution in [3.05, 3.63) is 23.9 Å². The van der Waals surface area contributed by atoms with Crippen molar-refractivity contribution in [2.45, 2.75) is 26.3 Å². The lowest BCUT2D eigenvalue weighted by Crippen LogP contribution is -2.23. The molecule has 1 atom stereocenters. The Labute approximate surface area is 78.8 Å². The first-order valence-electron chi connectivity index (χ1n) is 4.57. The maximum atomic E-state index is 8.99. The highest BCUT2D eigenvalue weighted by Gasteiger charge is 2.05. The molecule has 0 aromatic carbocycles. The van der Waals surface area contributed by atoms with Gasteiger partial charge in [-0.1, -0.05) is 13.0 Å². The van der Waals surface area contributed by atoms with Crippen molar-refractivity contribution < 1.29 is 5.11 Å². The lowest BCUT2D eigenvalue weighted by molar-refractivity contribution is 0.271. The Kier molecular flexibility index (Phi) is 3.71. The molecule has 13 heavy (non-hydrogen) atoms. The highest BCUT2D eigenvalue weighted by molar-refractivity contribution is 5.43. The number of nitrogens with one attached hydrogen (secondary N) is 1. The van der Waals surface area contributed by atoms with Gasteiger partial charge in [0.1, 0.15) is 5.82 Å². The third-order valence-electron chi connectivity index (χ3n) is 2.06. The number of rotatable bonds is 4. The van der Waals surface area contributed by atoms with E-state index in [-0.39, 0.29) is 12.6 Å². The van der Waals surface area contributed by atoms with Crippen molar-refractivity contribution in [1.82, 2.24) is 4.98 Å². The molecule has 0 amide bonds. The van der Waals surface area contributed by atoms with Crippen LogP contribution < -0.4 is 5.32 Å². The maximum absolute atomic E-state index is 8.99. The van der Waals surface area contributed by atoms with Gasteiger partial charge >= 0.3 is 0 Å². The monoisotopic (exact) mass is 180 g/mol. The van der Waals surface area contributed by atoms with Crippen molar-refractivity contribution in [2.75, 3.05) is 11.9 Å². The van der Waals surface area contributed by atoms with E-state index in [1.165, 1.54) is 0 Å². The summed E-state index contributed by atoms with van der Waals surface area (Å²) in [5.41, 5.74) is 1.11. The zero-order valence-electron chi connectivity index (χ0n) is 8.12. The average molecular weight is 180 g/mol. The van der Waals surface area contributed by atoms with Gasteiger partial charge in [0, 0.05) is 6.20 Å². The first-order chi connectivity index (χ1) is 6.27. The largest absolute Gasteiger partial charge is 0.394 e. The Morgan fingerprint density at radius 2 is 2.38 bits per heavy atom. The van der Waals surface area contributed by atoms with E-state index in [1.807, 2.05) is 26.0 Å². The van der Waals surface area contributed by atoms with Gasteiger partial charge in [0.15, 0.2) is 0 Å². The van der Waals surface area contributed by atoms with Crippen molar-refractivity contribution in [2.24, 2.45) is 0 Å². The fraction of sp³-hybridized carbons (Fsp3) is 0.500. The molecule has 1 unspecified atom stereocenters. The molecule has 0 saturated carbocycles. The SMILES string of the molecule is CCC(CO)Nc1ncccc1C. The van der Waals surface area contributed by atoms with Crippen molar-refractivity contribution in [3.63, 3.8) is 0 Å². The fourth-order valence-electron chi connectivity index (χ4n) is 1.11. The van der Waals surface area contributed by atoms with E-state index < -0.39 is 0 Å². The number of aliphatic hydroxyl groups is 1. The lowest BCUT2D eigenvalue weighted by atomic mass is 10.2. The number of hydrogen-bond acceptors (Lipinski definition) is 3. The van der Waals surface area contributed by atoms with Crippen LogP contribution in [0, 0.1) is 6.92 Å². The Bertz CT molecular complexity index is 259. The molecule has 3 heteroatoms. The first kappa shape index (κ1) is 9.99. The van der Waals surface area contributed by atoms with Gasteiger partial charge in [0.05, 0.1) is 12.6 Å². The first-order valence-corrected chi connectivity index (χ1v) is 4.57. The third-order valence-corrected chi connectivity index (χ3v) is 2.06. The standard InChI is InChI=1S/C10H16N2O/c1-3-9(7-13)12-10-8(2)5-4-6-11-10/h4-6,9,13H,3,7H2,1-2H3,(H,11,12). The molecule has 1 aromatic heterocycles. The normalized spacial score (nSPS) is 12.5. The van der Waals surface area contributed by atoms with Crippen molar-refractivity contribution in [1.29, 1.82) is 0 Å². The molecule has 0 aliphatic heterocycles. The smallest absolute Gasteiger partial charge is 0.129 e. The van der Waals surface area contributed by atoms with Crippen molar-refractivity contribution in [3.8, 4) is 0 Å². The topological polar surface area (TPSA) is 45.1 Å². The predicted molar refractivity (Wildman–Crippen MR) is 53.8 cm³/mol. The van der Waals surface area contributed by atoms with E-state index in [4.69, 9.17) is 5.11 Å². The molecule has 0 bridgehead atoms. The summed E-state index contributed by atoms with van der Waals surface area (Å²) >= 11 is 0. The molecule has 3 nitrogen and oxygen atoms in total. The van der Waals surface area contributed by atoms with Crippen LogP contribution in [0.25, 0.3) is 0 Å². The molecule has 0 fully saturated rings. The Balaban J connectivity index is 2.67. The minimum atomic E-state index is 0.105. The average Bonchev–Trinajstić information content (AvgIpc) is 2.17. The molecule has 0 aliphatic rings. The summed E-state index contributed by atoms with van der Waals surface area (Å²) in [6.45, 7) is 4.18. The minimum Gasteiger partial charge on any atom is -0.394 e. The third kappa shape index (κ3) is 2.70. The number of nitrogens with zero attached hydrogens (tertiary/aromatic N) is 1. The number of anilines is 1. The van der Waals surface area contributed by atoms with Crippen LogP contribution in [-0.2, 0) is 0 Å². The lowest BCUT2D eigenvalue weighted by Gasteiger charge is -2.15. The van der Waals surface area contributed by atoms with Gasteiger partial charge < -0.3 is 10.4 Å². The number of aliphatic hydroxyl groups excluding tert-OH is 1. The summed E-state index contributed by atoms with van der Waals surface area (Å²) in [5, 5.41) is 12.2. The predicted octanol–water partition coefficient (Wildman–Crippen LogP) is 1.57. The molecule has 1 aromatic rings. The van der Waals surface area contributed by atoms with Gasteiger partial charge in [-0.15, -0.1) is 0 Å². The molecular formula is C10H16N2O. The highest BCUT2D eigenvalue weighted by atomic mass is 16.3. The quantitative estimate of drug-likeness (QED) is 0.739. The molecular weight excluding hydrogens is 164 g/mol. The van der Waals surface area contributed by atoms with E-state index in [0.29, 0.717) is 0 Å². The fourth-order valence-corrected chi connectivity index (χ4v) is 1.11.